The van der Waals surface area contributed by atoms with Gasteiger partial charge in [0.05, 0.1) is 0 Å². The third kappa shape index (κ3) is 3.31. The number of benzene rings is 1. The molecule has 0 aliphatic rings. The van der Waals surface area contributed by atoms with E-state index in [1.807, 2.05) is 12.1 Å². The standard InChI is InChI=1S/C14H22FN/c1-5-16-11(2)10-14(3,4)12-8-6-7-9-13(12)15/h6-9,11,16H,5,10H2,1-4H3. The Labute approximate surface area is 98.1 Å². The van der Waals surface area contributed by atoms with Crippen molar-refractivity contribution in [3.8, 4) is 0 Å². The van der Waals surface area contributed by atoms with Crippen LogP contribution in [0.15, 0.2) is 24.3 Å². The van der Waals surface area contributed by atoms with Gasteiger partial charge in [-0.05, 0) is 36.9 Å². The van der Waals surface area contributed by atoms with E-state index in [9.17, 15) is 4.39 Å². The zero-order valence-corrected chi connectivity index (χ0v) is 10.7. The summed E-state index contributed by atoms with van der Waals surface area (Å²) in [4.78, 5) is 0. The number of hydrogen-bond donors (Lipinski definition) is 1. The van der Waals surface area contributed by atoms with Crippen molar-refractivity contribution < 1.29 is 4.39 Å². The summed E-state index contributed by atoms with van der Waals surface area (Å²) in [5, 5.41) is 3.37. The summed E-state index contributed by atoms with van der Waals surface area (Å²) in [7, 11) is 0. The lowest BCUT2D eigenvalue weighted by atomic mass is 9.79. The van der Waals surface area contributed by atoms with Gasteiger partial charge in [-0.25, -0.2) is 4.39 Å². The first kappa shape index (κ1) is 13.2. The maximum atomic E-state index is 13.7. The summed E-state index contributed by atoms with van der Waals surface area (Å²) >= 11 is 0. The Hall–Kier alpha value is -0.890. The summed E-state index contributed by atoms with van der Waals surface area (Å²) in [5.74, 6) is -0.101. The van der Waals surface area contributed by atoms with E-state index in [4.69, 9.17) is 0 Å². The van der Waals surface area contributed by atoms with Gasteiger partial charge in [-0.15, -0.1) is 0 Å². The second-order valence-corrected chi connectivity index (χ2v) is 5.03. The van der Waals surface area contributed by atoms with Gasteiger partial charge in [0.1, 0.15) is 5.82 Å². The molecular formula is C14H22FN. The lowest BCUT2D eigenvalue weighted by molar-refractivity contribution is 0.381. The van der Waals surface area contributed by atoms with Crippen LogP contribution in [0.5, 0.6) is 0 Å². The molecule has 0 amide bonds. The fraction of sp³-hybridized carbons (Fsp3) is 0.571. The monoisotopic (exact) mass is 223 g/mol. The molecule has 0 saturated carbocycles. The predicted octanol–water partition coefficient (Wildman–Crippen LogP) is 3.49. The van der Waals surface area contributed by atoms with Crippen LogP contribution in [-0.2, 0) is 5.41 Å². The van der Waals surface area contributed by atoms with Gasteiger partial charge < -0.3 is 5.32 Å². The summed E-state index contributed by atoms with van der Waals surface area (Å²) in [6.45, 7) is 9.38. The minimum atomic E-state index is -0.132. The molecule has 1 unspecified atom stereocenters. The first-order valence-corrected chi connectivity index (χ1v) is 5.95. The molecule has 0 heterocycles. The molecule has 1 rings (SSSR count). The zero-order chi connectivity index (χ0) is 12.2. The fourth-order valence-corrected chi connectivity index (χ4v) is 2.31. The Morgan fingerprint density at radius 3 is 2.50 bits per heavy atom. The highest BCUT2D eigenvalue weighted by Gasteiger charge is 2.25. The van der Waals surface area contributed by atoms with Gasteiger partial charge in [0.15, 0.2) is 0 Å². The fourth-order valence-electron chi connectivity index (χ4n) is 2.31. The van der Waals surface area contributed by atoms with Crippen LogP contribution in [0.4, 0.5) is 4.39 Å². The van der Waals surface area contributed by atoms with Crippen molar-refractivity contribution in [2.45, 2.75) is 45.6 Å². The number of nitrogens with one attached hydrogen (secondary N) is 1. The molecule has 1 aromatic rings. The van der Waals surface area contributed by atoms with Crippen LogP contribution < -0.4 is 5.32 Å². The molecule has 1 N–H and O–H groups in total. The normalized spacial score (nSPS) is 13.8. The Bertz CT molecular complexity index is 333. The average molecular weight is 223 g/mol. The van der Waals surface area contributed by atoms with Crippen molar-refractivity contribution in [2.24, 2.45) is 0 Å². The van der Waals surface area contributed by atoms with Crippen LogP contribution in [-0.4, -0.2) is 12.6 Å². The molecule has 0 aliphatic carbocycles. The molecular weight excluding hydrogens is 201 g/mol. The highest BCUT2D eigenvalue weighted by molar-refractivity contribution is 5.25. The van der Waals surface area contributed by atoms with Gasteiger partial charge >= 0.3 is 0 Å². The van der Waals surface area contributed by atoms with Gasteiger partial charge in [0, 0.05) is 6.04 Å². The molecule has 0 aliphatic heterocycles. The predicted molar refractivity (Wildman–Crippen MR) is 67.2 cm³/mol. The van der Waals surface area contributed by atoms with Crippen LogP contribution in [0.3, 0.4) is 0 Å². The minimum absolute atomic E-state index is 0.101. The van der Waals surface area contributed by atoms with Crippen LogP contribution in [0.2, 0.25) is 0 Å². The SMILES string of the molecule is CCNC(C)CC(C)(C)c1ccccc1F. The van der Waals surface area contributed by atoms with E-state index >= 15 is 0 Å². The summed E-state index contributed by atoms with van der Waals surface area (Å²) in [6, 6.07) is 7.46. The van der Waals surface area contributed by atoms with Gasteiger partial charge in [-0.1, -0.05) is 39.0 Å². The van der Waals surface area contributed by atoms with Crippen LogP contribution in [0.1, 0.15) is 39.7 Å². The molecule has 0 aromatic heterocycles. The summed E-state index contributed by atoms with van der Waals surface area (Å²) < 4.78 is 13.7. The third-order valence-electron chi connectivity index (χ3n) is 2.97. The number of rotatable bonds is 5. The molecule has 90 valence electrons. The van der Waals surface area contributed by atoms with Crippen molar-refractivity contribution in [3.63, 3.8) is 0 Å². The van der Waals surface area contributed by atoms with Gasteiger partial charge in [0.2, 0.25) is 0 Å². The summed E-state index contributed by atoms with van der Waals surface area (Å²) in [5.41, 5.74) is 0.673. The Morgan fingerprint density at radius 2 is 1.94 bits per heavy atom. The van der Waals surface area contributed by atoms with E-state index in [1.54, 1.807) is 6.07 Å². The number of halogens is 1. The second kappa shape index (κ2) is 5.44. The van der Waals surface area contributed by atoms with Crippen molar-refractivity contribution in [1.29, 1.82) is 0 Å². The molecule has 0 fully saturated rings. The molecule has 0 spiro atoms. The van der Waals surface area contributed by atoms with Gasteiger partial charge in [0.25, 0.3) is 0 Å². The highest BCUT2D eigenvalue weighted by Crippen LogP contribution is 2.30. The van der Waals surface area contributed by atoms with Crippen LogP contribution in [0.25, 0.3) is 0 Å². The van der Waals surface area contributed by atoms with E-state index in [1.165, 1.54) is 6.07 Å². The minimum Gasteiger partial charge on any atom is -0.315 e. The van der Waals surface area contributed by atoms with Crippen molar-refractivity contribution >= 4 is 0 Å². The Morgan fingerprint density at radius 1 is 1.31 bits per heavy atom. The molecule has 0 bridgehead atoms. The van der Waals surface area contributed by atoms with E-state index in [-0.39, 0.29) is 11.2 Å². The van der Waals surface area contributed by atoms with Gasteiger partial charge in [-0.3, -0.25) is 0 Å². The average Bonchev–Trinajstić information content (AvgIpc) is 2.17. The van der Waals surface area contributed by atoms with E-state index in [2.05, 4.69) is 33.0 Å². The third-order valence-corrected chi connectivity index (χ3v) is 2.97. The molecule has 0 saturated heterocycles. The second-order valence-electron chi connectivity index (χ2n) is 5.03. The Kier molecular flexibility index (Phi) is 4.48. The first-order chi connectivity index (χ1) is 7.47. The van der Waals surface area contributed by atoms with Crippen molar-refractivity contribution in [2.75, 3.05) is 6.54 Å². The molecule has 1 aromatic carbocycles. The lowest BCUT2D eigenvalue weighted by Crippen LogP contribution is -2.33. The smallest absolute Gasteiger partial charge is 0.126 e. The molecule has 1 atom stereocenters. The lowest BCUT2D eigenvalue weighted by Gasteiger charge is -2.29. The highest BCUT2D eigenvalue weighted by atomic mass is 19.1. The quantitative estimate of drug-likeness (QED) is 0.805. The topological polar surface area (TPSA) is 12.0 Å². The maximum absolute atomic E-state index is 13.7. The van der Waals surface area contributed by atoms with Crippen LogP contribution in [0, 0.1) is 5.82 Å². The first-order valence-electron chi connectivity index (χ1n) is 5.95. The maximum Gasteiger partial charge on any atom is 0.126 e. The molecule has 0 radical (unpaired) electrons. The van der Waals surface area contributed by atoms with E-state index in [0.717, 1.165) is 18.5 Å². The summed E-state index contributed by atoms with van der Waals surface area (Å²) in [6.07, 6.45) is 0.932. The Balaban J connectivity index is 2.81. The largest absolute Gasteiger partial charge is 0.315 e. The molecule has 2 heteroatoms. The molecule has 1 nitrogen and oxygen atoms in total. The van der Waals surface area contributed by atoms with Crippen molar-refractivity contribution in [1.82, 2.24) is 5.32 Å². The van der Waals surface area contributed by atoms with E-state index in [0.29, 0.717) is 6.04 Å². The van der Waals surface area contributed by atoms with E-state index < -0.39 is 0 Å². The zero-order valence-electron chi connectivity index (χ0n) is 10.7. The van der Waals surface area contributed by atoms with Crippen molar-refractivity contribution in [3.05, 3.63) is 35.6 Å². The van der Waals surface area contributed by atoms with Crippen LogP contribution >= 0.6 is 0 Å². The number of hydrogen-bond acceptors (Lipinski definition) is 1. The molecule has 16 heavy (non-hydrogen) atoms. The van der Waals surface area contributed by atoms with Gasteiger partial charge in [-0.2, -0.15) is 0 Å².